The molecule has 0 amide bonds. The molecule has 4 aliphatic carbocycles. The highest BCUT2D eigenvalue weighted by molar-refractivity contribution is 5.46. The van der Waals surface area contributed by atoms with Crippen molar-refractivity contribution >= 4 is 0 Å². The van der Waals surface area contributed by atoms with Crippen molar-refractivity contribution in [2.45, 2.75) is 24.4 Å². The Kier molecular flexibility index (Phi) is 1.40. The molecule has 2 saturated carbocycles. The van der Waals surface area contributed by atoms with E-state index < -0.39 is 0 Å². The molecule has 17 heavy (non-hydrogen) atoms. The molecule has 1 heteroatoms. The number of fused-ring (bicyclic) bond motifs is 12. The zero-order valence-corrected chi connectivity index (χ0v) is 9.66. The summed E-state index contributed by atoms with van der Waals surface area (Å²) in [5.41, 5.74) is 3.18. The summed E-state index contributed by atoms with van der Waals surface area (Å²) < 4.78 is 0. The van der Waals surface area contributed by atoms with Crippen LogP contribution in [-0.4, -0.2) is 11.2 Å². The van der Waals surface area contributed by atoms with Gasteiger partial charge in [0.15, 0.2) is 0 Å². The molecule has 1 N–H and O–H groups in total. The average Bonchev–Trinajstić information content (AvgIpc) is 3.07. The van der Waals surface area contributed by atoms with Crippen LogP contribution in [0.2, 0.25) is 0 Å². The van der Waals surface area contributed by atoms with Crippen molar-refractivity contribution in [3.05, 3.63) is 47.5 Å². The van der Waals surface area contributed by atoms with Gasteiger partial charge >= 0.3 is 0 Å². The second-order valence-corrected chi connectivity index (χ2v) is 6.26. The molecule has 4 bridgehead atoms. The fraction of sp³-hybridized carbons (Fsp3) is 0.500. The van der Waals surface area contributed by atoms with Crippen molar-refractivity contribution in [3.63, 3.8) is 0 Å². The predicted octanol–water partition coefficient (Wildman–Crippen LogP) is 2.68. The van der Waals surface area contributed by atoms with Crippen molar-refractivity contribution in [2.75, 3.05) is 0 Å². The van der Waals surface area contributed by atoms with Gasteiger partial charge in [0.25, 0.3) is 0 Å². The molecule has 0 saturated heterocycles. The Hall–Kier alpha value is -1.08. The molecule has 0 aromatic heterocycles. The van der Waals surface area contributed by atoms with E-state index in [-0.39, 0.29) is 6.10 Å². The van der Waals surface area contributed by atoms with Crippen LogP contribution in [0.3, 0.4) is 0 Å². The second kappa shape index (κ2) is 2.67. The Labute approximate surface area is 101 Å². The van der Waals surface area contributed by atoms with Crippen molar-refractivity contribution in [1.29, 1.82) is 0 Å². The first-order valence-corrected chi connectivity index (χ1v) is 6.81. The minimum Gasteiger partial charge on any atom is -0.392 e. The van der Waals surface area contributed by atoms with Gasteiger partial charge in [-0.05, 0) is 41.2 Å². The van der Waals surface area contributed by atoms with E-state index in [9.17, 15) is 5.11 Å². The maximum absolute atomic E-state index is 10.3. The maximum atomic E-state index is 10.3. The maximum Gasteiger partial charge on any atom is 0.0671 e. The van der Waals surface area contributed by atoms with Gasteiger partial charge in [0.2, 0.25) is 0 Å². The van der Waals surface area contributed by atoms with E-state index in [1.165, 1.54) is 6.42 Å². The molecule has 4 aliphatic rings. The molecule has 0 radical (unpaired) electrons. The van der Waals surface area contributed by atoms with Gasteiger partial charge in [-0.1, -0.05) is 36.4 Å². The highest BCUT2D eigenvalue weighted by Gasteiger charge is 2.63. The predicted molar refractivity (Wildman–Crippen MR) is 65.6 cm³/mol. The number of hydrogen-bond acceptors (Lipinski definition) is 1. The zero-order chi connectivity index (χ0) is 11.1. The van der Waals surface area contributed by atoms with E-state index in [1.807, 2.05) is 0 Å². The molecular formula is C16H16O. The largest absolute Gasteiger partial charge is 0.392 e. The Bertz CT molecular complexity index is 487. The van der Waals surface area contributed by atoms with E-state index in [0.29, 0.717) is 11.8 Å². The first kappa shape index (κ1) is 8.93. The van der Waals surface area contributed by atoms with Crippen molar-refractivity contribution in [2.24, 2.45) is 23.7 Å². The van der Waals surface area contributed by atoms with Gasteiger partial charge in [-0.15, -0.1) is 0 Å². The van der Waals surface area contributed by atoms with Gasteiger partial charge in [0, 0.05) is 11.8 Å². The van der Waals surface area contributed by atoms with Gasteiger partial charge in [-0.3, -0.25) is 0 Å². The molecule has 1 aromatic carbocycles. The van der Waals surface area contributed by atoms with Crippen molar-refractivity contribution in [3.8, 4) is 0 Å². The lowest BCUT2D eigenvalue weighted by Crippen LogP contribution is -2.25. The Morgan fingerprint density at radius 1 is 0.882 bits per heavy atom. The summed E-state index contributed by atoms with van der Waals surface area (Å²) >= 11 is 0. The average molecular weight is 224 g/mol. The van der Waals surface area contributed by atoms with E-state index in [2.05, 4.69) is 36.4 Å². The quantitative estimate of drug-likeness (QED) is 0.530. The summed E-state index contributed by atoms with van der Waals surface area (Å²) in [5, 5.41) is 10.3. The topological polar surface area (TPSA) is 20.2 Å². The van der Waals surface area contributed by atoms with Gasteiger partial charge in [-0.25, -0.2) is 0 Å². The van der Waals surface area contributed by atoms with E-state index in [0.717, 1.165) is 23.7 Å². The summed E-state index contributed by atoms with van der Waals surface area (Å²) in [6.45, 7) is 0. The smallest absolute Gasteiger partial charge is 0.0671 e. The van der Waals surface area contributed by atoms with Gasteiger partial charge in [0.05, 0.1) is 6.10 Å². The molecule has 6 atom stereocenters. The molecule has 86 valence electrons. The zero-order valence-electron chi connectivity index (χ0n) is 9.66. The van der Waals surface area contributed by atoms with E-state index in [4.69, 9.17) is 0 Å². The van der Waals surface area contributed by atoms with E-state index >= 15 is 0 Å². The highest BCUT2D eigenvalue weighted by Crippen LogP contribution is 2.69. The highest BCUT2D eigenvalue weighted by atomic mass is 16.3. The molecule has 0 unspecified atom stereocenters. The van der Waals surface area contributed by atoms with Gasteiger partial charge < -0.3 is 5.11 Å². The van der Waals surface area contributed by atoms with Crippen LogP contribution in [0.25, 0.3) is 0 Å². The number of aliphatic hydroxyl groups excluding tert-OH is 1. The molecule has 2 fully saturated rings. The molecule has 5 rings (SSSR count). The third kappa shape index (κ3) is 0.826. The first-order valence-electron chi connectivity index (χ1n) is 6.81. The summed E-state index contributed by atoms with van der Waals surface area (Å²) in [6.07, 6.45) is 5.85. The minimum absolute atomic E-state index is 0.0791. The van der Waals surface area contributed by atoms with Crippen LogP contribution in [0.4, 0.5) is 0 Å². The molecule has 1 nitrogen and oxygen atoms in total. The fourth-order valence-corrected chi connectivity index (χ4v) is 5.48. The Morgan fingerprint density at radius 2 is 1.41 bits per heavy atom. The lowest BCUT2D eigenvalue weighted by Gasteiger charge is -2.33. The Morgan fingerprint density at radius 3 is 1.94 bits per heavy atom. The molecule has 0 aliphatic heterocycles. The number of rotatable bonds is 0. The molecule has 0 spiro atoms. The summed E-state index contributed by atoms with van der Waals surface area (Å²) in [5.74, 6) is 3.84. The summed E-state index contributed by atoms with van der Waals surface area (Å²) in [4.78, 5) is 0. The van der Waals surface area contributed by atoms with E-state index in [1.54, 1.807) is 11.1 Å². The summed E-state index contributed by atoms with van der Waals surface area (Å²) in [7, 11) is 0. The summed E-state index contributed by atoms with van der Waals surface area (Å²) in [6, 6.07) is 8.98. The van der Waals surface area contributed by atoms with Crippen LogP contribution in [0, 0.1) is 23.7 Å². The lowest BCUT2D eigenvalue weighted by molar-refractivity contribution is 0.121. The standard InChI is InChI=1S/C16H16O/c17-16-10-5-6-11(16)15-13-7-12(14(10)15)8-3-1-2-4-9(8)13/h1-6,10-17H,7H2/t10-,11-,12+,13+,14+,15+/m0/s1. The van der Waals surface area contributed by atoms with Crippen LogP contribution in [-0.2, 0) is 0 Å². The van der Waals surface area contributed by atoms with Crippen LogP contribution >= 0.6 is 0 Å². The van der Waals surface area contributed by atoms with Gasteiger partial charge in [-0.2, -0.15) is 0 Å². The number of aliphatic hydroxyl groups is 1. The minimum atomic E-state index is -0.0791. The third-order valence-electron chi connectivity index (χ3n) is 5.91. The SMILES string of the molecule is OC1[C@H]2C=C[C@H]1[C@H]1[C@H]2[C@@H]2C[C@@H]1c1ccccc12. The first-order chi connectivity index (χ1) is 8.36. The monoisotopic (exact) mass is 224 g/mol. The van der Waals surface area contributed by atoms with Crippen LogP contribution in [0.15, 0.2) is 36.4 Å². The number of hydrogen-bond donors (Lipinski definition) is 1. The Balaban J connectivity index is 1.71. The van der Waals surface area contributed by atoms with Crippen LogP contribution in [0.5, 0.6) is 0 Å². The van der Waals surface area contributed by atoms with Crippen LogP contribution < -0.4 is 0 Å². The normalized spacial score (nSPS) is 51.9. The van der Waals surface area contributed by atoms with Gasteiger partial charge in [0.1, 0.15) is 0 Å². The lowest BCUT2D eigenvalue weighted by atomic mass is 9.71. The van der Waals surface area contributed by atoms with Crippen LogP contribution in [0.1, 0.15) is 29.4 Å². The molecular weight excluding hydrogens is 208 g/mol. The fourth-order valence-electron chi connectivity index (χ4n) is 5.48. The molecule has 0 heterocycles. The third-order valence-corrected chi connectivity index (χ3v) is 5.91. The van der Waals surface area contributed by atoms with Crippen molar-refractivity contribution < 1.29 is 5.11 Å². The van der Waals surface area contributed by atoms with Crippen molar-refractivity contribution in [1.82, 2.24) is 0 Å². The number of benzene rings is 1. The second-order valence-electron chi connectivity index (χ2n) is 6.26. The molecule has 1 aromatic rings.